The van der Waals surface area contributed by atoms with Crippen LogP contribution in [0, 0.1) is 6.92 Å². The Morgan fingerprint density at radius 1 is 0.879 bits per heavy atom. The second-order valence-electron chi connectivity index (χ2n) is 7.74. The summed E-state index contributed by atoms with van der Waals surface area (Å²) in [5.41, 5.74) is 1.96. The van der Waals surface area contributed by atoms with E-state index in [0.717, 1.165) is 5.56 Å². The third kappa shape index (κ3) is 6.12. The number of hydrogen-bond donors (Lipinski definition) is 3. The number of aryl methyl sites for hydroxylation is 1. The van der Waals surface area contributed by atoms with Gasteiger partial charge in [0, 0.05) is 11.6 Å². The van der Waals surface area contributed by atoms with E-state index in [1.54, 1.807) is 36.4 Å². The number of anilines is 2. The van der Waals surface area contributed by atoms with Crippen molar-refractivity contribution in [1.29, 1.82) is 0 Å². The van der Waals surface area contributed by atoms with Crippen LogP contribution >= 0.6 is 11.6 Å². The molecule has 33 heavy (non-hydrogen) atoms. The van der Waals surface area contributed by atoms with Gasteiger partial charge in [0.2, 0.25) is 0 Å². The van der Waals surface area contributed by atoms with E-state index >= 15 is 0 Å². The molecule has 3 rings (SSSR count). The van der Waals surface area contributed by atoms with Crippen LogP contribution in [0.3, 0.4) is 0 Å². The summed E-state index contributed by atoms with van der Waals surface area (Å²) >= 11 is 6.26. The van der Waals surface area contributed by atoms with Gasteiger partial charge in [-0.05, 0) is 63.2 Å². The number of carbonyl (C=O) groups is 2. The highest BCUT2D eigenvalue weighted by Gasteiger charge is 2.18. The van der Waals surface area contributed by atoms with Gasteiger partial charge in [-0.3, -0.25) is 14.3 Å². The van der Waals surface area contributed by atoms with Crippen LogP contribution < -0.4 is 15.4 Å². The van der Waals surface area contributed by atoms with Crippen LogP contribution in [0.15, 0.2) is 71.6 Å². The van der Waals surface area contributed by atoms with Gasteiger partial charge in [0.1, 0.15) is 0 Å². The van der Waals surface area contributed by atoms with Crippen molar-refractivity contribution >= 4 is 44.8 Å². The summed E-state index contributed by atoms with van der Waals surface area (Å²) in [5, 5.41) is 5.56. The number of hydrogen-bond acceptors (Lipinski definition) is 4. The topological polar surface area (TPSA) is 104 Å². The standard InChI is InChI=1S/C24H24ClN3O4S/c1-15(2)26-24(30)19-6-4-5-7-21(19)27-23(29)17-10-13-22(20(25)14-17)28-33(31,32)18-11-8-16(3)9-12-18/h4-15,28H,1-3H3,(H,26,30)(H,27,29). The summed E-state index contributed by atoms with van der Waals surface area (Å²) in [4.78, 5) is 25.3. The van der Waals surface area contributed by atoms with Gasteiger partial charge in [0.15, 0.2) is 0 Å². The first-order chi connectivity index (χ1) is 15.6. The zero-order valence-electron chi connectivity index (χ0n) is 18.3. The number of rotatable bonds is 7. The average Bonchev–Trinajstić information content (AvgIpc) is 2.75. The van der Waals surface area contributed by atoms with Gasteiger partial charge in [-0.15, -0.1) is 0 Å². The van der Waals surface area contributed by atoms with E-state index in [1.165, 1.54) is 30.3 Å². The fourth-order valence-corrected chi connectivity index (χ4v) is 4.35. The van der Waals surface area contributed by atoms with Gasteiger partial charge >= 0.3 is 0 Å². The molecule has 0 aliphatic heterocycles. The average molecular weight is 486 g/mol. The SMILES string of the molecule is Cc1ccc(S(=O)(=O)Nc2ccc(C(=O)Nc3ccccc3C(=O)NC(C)C)cc2Cl)cc1. The zero-order chi connectivity index (χ0) is 24.2. The van der Waals surface area contributed by atoms with Gasteiger partial charge in [-0.1, -0.05) is 41.4 Å². The van der Waals surface area contributed by atoms with Crippen LogP contribution in [0.2, 0.25) is 5.02 Å². The highest BCUT2D eigenvalue weighted by Crippen LogP contribution is 2.27. The van der Waals surface area contributed by atoms with Crippen LogP contribution in [0.25, 0.3) is 0 Å². The number of amides is 2. The molecule has 0 aliphatic carbocycles. The van der Waals surface area contributed by atoms with E-state index in [4.69, 9.17) is 11.6 Å². The van der Waals surface area contributed by atoms with E-state index < -0.39 is 15.9 Å². The molecule has 0 spiro atoms. The van der Waals surface area contributed by atoms with Gasteiger partial charge in [-0.25, -0.2) is 8.42 Å². The van der Waals surface area contributed by atoms with Crippen molar-refractivity contribution in [1.82, 2.24) is 5.32 Å². The quantitative estimate of drug-likeness (QED) is 0.445. The molecule has 9 heteroatoms. The predicted octanol–water partition coefficient (Wildman–Crippen LogP) is 4.84. The Kier molecular flexibility index (Phi) is 7.40. The Morgan fingerprint density at radius 3 is 2.18 bits per heavy atom. The molecule has 2 amide bonds. The fraction of sp³-hybridized carbons (Fsp3) is 0.167. The molecule has 0 aromatic heterocycles. The minimum atomic E-state index is -3.84. The number of halogens is 1. The molecule has 172 valence electrons. The molecule has 0 bridgehead atoms. The van der Waals surface area contributed by atoms with Gasteiger partial charge in [0.25, 0.3) is 21.8 Å². The largest absolute Gasteiger partial charge is 0.350 e. The van der Waals surface area contributed by atoms with Crippen molar-refractivity contribution < 1.29 is 18.0 Å². The second kappa shape index (κ2) is 10.1. The molecule has 0 saturated heterocycles. The van der Waals surface area contributed by atoms with E-state index in [-0.39, 0.29) is 33.1 Å². The third-order valence-corrected chi connectivity index (χ3v) is 6.34. The first-order valence-electron chi connectivity index (χ1n) is 10.2. The van der Waals surface area contributed by atoms with Crippen LogP contribution in [0.4, 0.5) is 11.4 Å². The fourth-order valence-electron chi connectivity index (χ4n) is 2.98. The van der Waals surface area contributed by atoms with Crippen LogP contribution in [0.5, 0.6) is 0 Å². The van der Waals surface area contributed by atoms with E-state index in [9.17, 15) is 18.0 Å². The van der Waals surface area contributed by atoms with Gasteiger partial charge in [0.05, 0.1) is 26.9 Å². The molecule has 7 nitrogen and oxygen atoms in total. The normalized spacial score (nSPS) is 11.2. The molecular weight excluding hydrogens is 462 g/mol. The summed E-state index contributed by atoms with van der Waals surface area (Å²) in [6.45, 7) is 5.55. The van der Waals surface area contributed by atoms with E-state index in [1.807, 2.05) is 20.8 Å². The number of carbonyl (C=O) groups excluding carboxylic acids is 2. The number of nitrogens with one attached hydrogen (secondary N) is 3. The van der Waals surface area contributed by atoms with Crippen molar-refractivity contribution in [2.45, 2.75) is 31.7 Å². The Bertz CT molecular complexity index is 1290. The van der Waals surface area contributed by atoms with E-state index in [2.05, 4.69) is 15.4 Å². The summed E-state index contributed by atoms with van der Waals surface area (Å²) < 4.78 is 27.7. The van der Waals surface area contributed by atoms with Crippen molar-refractivity contribution in [2.24, 2.45) is 0 Å². The lowest BCUT2D eigenvalue weighted by molar-refractivity contribution is 0.0944. The minimum absolute atomic E-state index is 0.0590. The lowest BCUT2D eigenvalue weighted by atomic mass is 10.1. The Hall–Kier alpha value is -3.36. The molecule has 3 aromatic rings. The molecule has 0 aliphatic rings. The van der Waals surface area contributed by atoms with E-state index in [0.29, 0.717) is 11.3 Å². The van der Waals surface area contributed by atoms with Crippen LogP contribution in [0.1, 0.15) is 40.1 Å². The van der Waals surface area contributed by atoms with Crippen molar-refractivity contribution in [2.75, 3.05) is 10.0 Å². The van der Waals surface area contributed by atoms with Crippen molar-refractivity contribution in [3.05, 3.63) is 88.4 Å². The molecule has 0 atom stereocenters. The Balaban J connectivity index is 1.79. The van der Waals surface area contributed by atoms with Crippen LogP contribution in [-0.4, -0.2) is 26.3 Å². The maximum atomic E-state index is 12.8. The molecule has 0 saturated carbocycles. The first kappa shape index (κ1) is 24.3. The molecule has 0 radical (unpaired) electrons. The highest BCUT2D eigenvalue weighted by atomic mass is 35.5. The predicted molar refractivity (Wildman–Crippen MR) is 130 cm³/mol. The molecule has 3 aromatic carbocycles. The number of benzene rings is 3. The minimum Gasteiger partial charge on any atom is -0.350 e. The molecule has 0 heterocycles. The van der Waals surface area contributed by atoms with Crippen molar-refractivity contribution in [3.63, 3.8) is 0 Å². The molecular formula is C24H24ClN3O4S. The molecule has 0 fully saturated rings. The van der Waals surface area contributed by atoms with Gasteiger partial charge < -0.3 is 10.6 Å². The number of sulfonamides is 1. The summed E-state index contributed by atoms with van der Waals surface area (Å²) in [6, 6.07) is 17.2. The second-order valence-corrected chi connectivity index (χ2v) is 9.83. The smallest absolute Gasteiger partial charge is 0.261 e. The summed E-state index contributed by atoms with van der Waals surface area (Å²) in [5.74, 6) is -0.797. The number of para-hydroxylation sites is 1. The summed E-state index contributed by atoms with van der Waals surface area (Å²) in [7, 11) is -3.84. The lowest BCUT2D eigenvalue weighted by Gasteiger charge is -2.14. The highest BCUT2D eigenvalue weighted by molar-refractivity contribution is 7.92. The third-order valence-electron chi connectivity index (χ3n) is 4.65. The lowest BCUT2D eigenvalue weighted by Crippen LogP contribution is -2.31. The maximum Gasteiger partial charge on any atom is 0.261 e. The van der Waals surface area contributed by atoms with Crippen molar-refractivity contribution in [3.8, 4) is 0 Å². The zero-order valence-corrected chi connectivity index (χ0v) is 19.9. The Labute approximate surface area is 198 Å². The van der Waals surface area contributed by atoms with Gasteiger partial charge in [-0.2, -0.15) is 0 Å². The summed E-state index contributed by atoms with van der Waals surface area (Å²) in [6.07, 6.45) is 0. The Morgan fingerprint density at radius 2 is 1.55 bits per heavy atom. The maximum absolute atomic E-state index is 12.8. The van der Waals surface area contributed by atoms with Crippen LogP contribution in [-0.2, 0) is 10.0 Å². The molecule has 3 N–H and O–H groups in total. The monoisotopic (exact) mass is 485 g/mol. The first-order valence-corrected chi connectivity index (χ1v) is 12.0. The molecule has 0 unspecified atom stereocenters.